The normalized spacial score (nSPS) is 11.8. The number of fused-ring (bicyclic) bond motifs is 8. The summed E-state index contributed by atoms with van der Waals surface area (Å²) in [5.41, 5.74) is 11.8. The van der Waals surface area contributed by atoms with Gasteiger partial charge < -0.3 is 8.97 Å². The van der Waals surface area contributed by atoms with E-state index in [0.29, 0.717) is 0 Å². The third-order valence-corrected chi connectivity index (χ3v) is 9.51. The van der Waals surface area contributed by atoms with Gasteiger partial charge in [-0.25, -0.2) is 9.97 Å². The average molecular weight is 613 g/mol. The van der Waals surface area contributed by atoms with Crippen LogP contribution in [0.25, 0.3) is 88.5 Å². The lowest BCUT2D eigenvalue weighted by Crippen LogP contribution is -1.94. The quantitative estimate of drug-likeness (QED) is 0.185. The number of hydrogen-bond acceptors (Lipinski definition) is 2. The molecule has 0 N–H and O–H groups in total. The minimum Gasteiger partial charge on any atom is -0.309 e. The van der Waals surface area contributed by atoms with Gasteiger partial charge in [0.2, 0.25) is 0 Å². The molecule has 48 heavy (non-hydrogen) atoms. The number of rotatable bonds is 4. The first-order chi connectivity index (χ1) is 23.8. The largest absolute Gasteiger partial charge is 0.309 e. The summed E-state index contributed by atoms with van der Waals surface area (Å²) in [7, 11) is 0. The molecule has 0 aliphatic rings. The van der Waals surface area contributed by atoms with E-state index >= 15 is 0 Å². The van der Waals surface area contributed by atoms with Crippen molar-refractivity contribution in [2.45, 2.75) is 0 Å². The standard InChI is InChI=1S/C44H28N4/c1-3-12-29(13-4-1)38-28-47-25-24-31(27-41(47)45-38)30-14-11-15-32(26-30)44-36-22-23-40-43(42(36)34-18-7-9-20-37(34)46-44)35-19-8-10-21-39(35)48(40)33-16-5-2-6-17-33/h1-28H. The predicted octanol–water partition coefficient (Wildman–Crippen LogP) is 11.1. The third kappa shape index (κ3) is 4.10. The Bertz CT molecular complexity index is 2830. The van der Waals surface area contributed by atoms with Gasteiger partial charge in [0.15, 0.2) is 0 Å². The monoisotopic (exact) mass is 612 g/mol. The molecule has 10 aromatic rings. The van der Waals surface area contributed by atoms with Crippen LogP contribution in [0.3, 0.4) is 0 Å². The number of aromatic nitrogens is 4. The van der Waals surface area contributed by atoms with E-state index in [1.54, 1.807) is 0 Å². The summed E-state index contributed by atoms with van der Waals surface area (Å²) in [6, 6.07) is 55.9. The Kier molecular flexibility index (Phi) is 5.84. The summed E-state index contributed by atoms with van der Waals surface area (Å²) in [5.74, 6) is 0. The van der Waals surface area contributed by atoms with E-state index in [-0.39, 0.29) is 0 Å². The highest BCUT2D eigenvalue weighted by Crippen LogP contribution is 2.42. The van der Waals surface area contributed by atoms with Crippen LogP contribution in [0.4, 0.5) is 0 Å². The van der Waals surface area contributed by atoms with Crippen LogP contribution in [0.2, 0.25) is 0 Å². The van der Waals surface area contributed by atoms with Crippen LogP contribution >= 0.6 is 0 Å². The van der Waals surface area contributed by atoms with Gasteiger partial charge in [-0.2, -0.15) is 0 Å². The van der Waals surface area contributed by atoms with Crippen LogP contribution in [0.5, 0.6) is 0 Å². The maximum Gasteiger partial charge on any atom is 0.138 e. The lowest BCUT2D eigenvalue weighted by molar-refractivity contribution is 1.18. The molecule has 0 saturated heterocycles. The molecular weight excluding hydrogens is 585 g/mol. The van der Waals surface area contributed by atoms with E-state index in [4.69, 9.17) is 9.97 Å². The zero-order valence-corrected chi connectivity index (χ0v) is 26.0. The van der Waals surface area contributed by atoms with Crippen molar-refractivity contribution in [1.82, 2.24) is 18.9 Å². The highest BCUT2D eigenvalue weighted by molar-refractivity contribution is 6.29. The molecule has 0 radical (unpaired) electrons. The van der Waals surface area contributed by atoms with Crippen LogP contribution in [-0.4, -0.2) is 18.9 Å². The van der Waals surface area contributed by atoms with E-state index in [1.807, 2.05) is 18.2 Å². The van der Waals surface area contributed by atoms with Crippen molar-refractivity contribution in [2.75, 3.05) is 0 Å². The van der Waals surface area contributed by atoms with Gasteiger partial charge in [-0.05, 0) is 59.7 Å². The second-order valence-corrected chi connectivity index (χ2v) is 12.3. The Morgan fingerprint density at radius 2 is 1.15 bits per heavy atom. The maximum atomic E-state index is 5.32. The van der Waals surface area contributed by atoms with E-state index in [9.17, 15) is 0 Å². The Balaban J connectivity index is 1.19. The van der Waals surface area contributed by atoms with Gasteiger partial charge >= 0.3 is 0 Å². The highest BCUT2D eigenvalue weighted by atomic mass is 15.0. The maximum absolute atomic E-state index is 5.32. The molecule has 224 valence electrons. The third-order valence-electron chi connectivity index (χ3n) is 9.51. The molecule has 0 unspecified atom stereocenters. The fraction of sp³-hybridized carbons (Fsp3) is 0. The molecule has 0 spiro atoms. The molecule has 0 amide bonds. The zero-order chi connectivity index (χ0) is 31.6. The molecular formula is C44H28N4. The molecule has 0 aliphatic carbocycles. The fourth-order valence-corrected chi connectivity index (χ4v) is 7.33. The minimum atomic E-state index is 0.920. The highest BCUT2D eigenvalue weighted by Gasteiger charge is 2.19. The molecule has 10 rings (SSSR count). The van der Waals surface area contributed by atoms with Crippen molar-refractivity contribution >= 4 is 49.1 Å². The second kappa shape index (κ2) is 10.5. The number of para-hydroxylation sites is 3. The van der Waals surface area contributed by atoms with Gasteiger partial charge in [0.1, 0.15) is 5.65 Å². The Morgan fingerprint density at radius 1 is 0.438 bits per heavy atom. The van der Waals surface area contributed by atoms with Crippen molar-refractivity contribution in [1.29, 1.82) is 0 Å². The van der Waals surface area contributed by atoms with Gasteiger partial charge in [0.05, 0.1) is 27.9 Å². The fourth-order valence-electron chi connectivity index (χ4n) is 7.33. The summed E-state index contributed by atoms with van der Waals surface area (Å²) in [5, 5.41) is 6.03. The van der Waals surface area contributed by atoms with E-state index in [0.717, 1.165) is 61.3 Å². The SMILES string of the molecule is c1ccc(-c2cn3ccc(-c4cccc(-c5nc6ccccc6c6c5ccc5c6c6ccccc6n5-c5ccccc5)c4)cc3n2)cc1. The van der Waals surface area contributed by atoms with Gasteiger partial charge in [0, 0.05) is 56.1 Å². The predicted molar refractivity (Wildman–Crippen MR) is 199 cm³/mol. The Morgan fingerprint density at radius 3 is 2.02 bits per heavy atom. The van der Waals surface area contributed by atoms with Gasteiger partial charge in [-0.15, -0.1) is 0 Å². The van der Waals surface area contributed by atoms with Gasteiger partial charge in [-0.1, -0.05) is 109 Å². The van der Waals surface area contributed by atoms with Crippen LogP contribution in [-0.2, 0) is 0 Å². The molecule has 4 nitrogen and oxygen atoms in total. The first-order valence-corrected chi connectivity index (χ1v) is 16.3. The van der Waals surface area contributed by atoms with E-state index < -0.39 is 0 Å². The molecule has 4 aromatic heterocycles. The number of hydrogen-bond donors (Lipinski definition) is 0. The van der Waals surface area contributed by atoms with Crippen LogP contribution in [0.1, 0.15) is 0 Å². The van der Waals surface area contributed by atoms with Crippen molar-refractivity contribution in [3.63, 3.8) is 0 Å². The molecule has 0 aliphatic heterocycles. The Hall–Kier alpha value is -6.52. The topological polar surface area (TPSA) is 35.1 Å². The summed E-state index contributed by atoms with van der Waals surface area (Å²) >= 11 is 0. The van der Waals surface area contributed by atoms with Crippen LogP contribution < -0.4 is 0 Å². The molecule has 0 atom stereocenters. The van der Waals surface area contributed by atoms with Gasteiger partial charge in [0.25, 0.3) is 0 Å². The van der Waals surface area contributed by atoms with Crippen LogP contribution in [0.15, 0.2) is 170 Å². The summed E-state index contributed by atoms with van der Waals surface area (Å²) < 4.78 is 4.47. The number of nitrogens with zero attached hydrogens (tertiary/aromatic N) is 4. The summed E-state index contributed by atoms with van der Waals surface area (Å²) in [6.45, 7) is 0. The van der Waals surface area contributed by atoms with Crippen molar-refractivity contribution in [3.05, 3.63) is 170 Å². The molecule has 4 heteroatoms. The first-order valence-electron chi connectivity index (χ1n) is 16.3. The lowest BCUT2D eigenvalue weighted by atomic mass is 9.95. The molecule has 0 bridgehead atoms. The first kappa shape index (κ1) is 26.7. The lowest BCUT2D eigenvalue weighted by Gasteiger charge is -2.13. The number of benzene rings is 6. The summed E-state index contributed by atoms with van der Waals surface area (Å²) in [6.07, 6.45) is 4.19. The van der Waals surface area contributed by atoms with Gasteiger partial charge in [-0.3, -0.25) is 0 Å². The van der Waals surface area contributed by atoms with Crippen molar-refractivity contribution < 1.29 is 0 Å². The van der Waals surface area contributed by atoms with Crippen molar-refractivity contribution in [2.24, 2.45) is 0 Å². The van der Waals surface area contributed by atoms with Crippen molar-refractivity contribution in [3.8, 4) is 39.3 Å². The minimum absolute atomic E-state index is 0.920. The van der Waals surface area contributed by atoms with E-state index in [2.05, 4.69) is 161 Å². The molecule has 6 aromatic carbocycles. The number of pyridine rings is 2. The zero-order valence-electron chi connectivity index (χ0n) is 26.0. The van der Waals surface area contributed by atoms with Crippen LogP contribution in [0, 0.1) is 0 Å². The Labute approximate surface area is 276 Å². The molecule has 0 saturated carbocycles. The number of imidazole rings is 1. The average Bonchev–Trinajstić information content (AvgIpc) is 3.74. The summed E-state index contributed by atoms with van der Waals surface area (Å²) in [4.78, 5) is 10.3. The molecule has 0 fully saturated rings. The van der Waals surface area contributed by atoms with E-state index in [1.165, 1.54) is 27.2 Å². The molecule has 4 heterocycles. The smallest absolute Gasteiger partial charge is 0.138 e. The second-order valence-electron chi connectivity index (χ2n) is 12.3.